The Labute approximate surface area is 121 Å². The van der Waals surface area contributed by atoms with Crippen LogP contribution >= 0.6 is 0 Å². The molecule has 0 spiro atoms. The van der Waals surface area contributed by atoms with E-state index in [9.17, 15) is 4.79 Å². The van der Waals surface area contributed by atoms with Gasteiger partial charge in [0.25, 0.3) is 0 Å². The molecule has 4 heteroatoms. The van der Waals surface area contributed by atoms with Gasteiger partial charge in [-0.05, 0) is 37.0 Å². The number of benzene rings is 1. The normalized spacial score (nSPS) is 12.2. The van der Waals surface area contributed by atoms with E-state index in [4.69, 9.17) is 10.5 Å². The molecule has 0 bridgehead atoms. The van der Waals surface area contributed by atoms with Crippen LogP contribution in [-0.2, 0) is 11.2 Å². The number of rotatable bonds is 8. The molecule has 112 valence electrons. The van der Waals surface area contributed by atoms with E-state index in [1.807, 2.05) is 31.2 Å². The molecule has 0 radical (unpaired) electrons. The summed E-state index contributed by atoms with van der Waals surface area (Å²) in [6.07, 6.45) is 1.19. The zero-order valence-corrected chi connectivity index (χ0v) is 12.7. The molecule has 1 atom stereocenters. The van der Waals surface area contributed by atoms with Gasteiger partial charge in [0.1, 0.15) is 5.75 Å². The minimum atomic E-state index is -0.0904. The summed E-state index contributed by atoms with van der Waals surface area (Å²) in [6, 6.07) is 7.93. The summed E-state index contributed by atoms with van der Waals surface area (Å²) < 4.78 is 5.63. The van der Waals surface area contributed by atoms with Gasteiger partial charge in [-0.25, -0.2) is 0 Å². The van der Waals surface area contributed by atoms with Gasteiger partial charge >= 0.3 is 0 Å². The van der Waals surface area contributed by atoms with Crippen LogP contribution in [0.2, 0.25) is 0 Å². The Hall–Kier alpha value is -1.55. The van der Waals surface area contributed by atoms with Gasteiger partial charge in [0.05, 0.1) is 6.61 Å². The van der Waals surface area contributed by atoms with Crippen molar-refractivity contribution >= 4 is 5.91 Å². The summed E-state index contributed by atoms with van der Waals surface area (Å²) in [5.74, 6) is 1.43. The Morgan fingerprint density at radius 1 is 1.25 bits per heavy atom. The van der Waals surface area contributed by atoms with Crippen LogP contribution in [0.1, 0.15) is 32.8 Å². The predicted molar refractivity (Wildman–Crippen MR) is 81.8 cm³/mol. The fourth-order valence-corrected chi connectivity index (χ4v) is 1.73. The average molecular weight is 278 g/mol. The maximum absolute atomic E-state index is 11.4. The first-order chi connectivity index (χ1) is 9.47. The van der Waals surface area contributed by atoms with Crippen LogP contribution in [0, 0.1) is 5.92 Å². The number of ether oxygens (including phenoxy) is 1. The van der Waals surface area contributed by atoms with E-state index in [1.165, 1.54) is 5.56 Å². The number of hydrogen-bond acceptors (Lipinski definition) is 3. The Bertz CT molecular complexity index is 399. The Morgan fingerprint density at radius 2 is 1.90 bits per heavy atom. The van der Waals surface area contributed by atoms with Gasteiger partial charge in [-0.15, -0.1) is 0 Å². The number of nitrogens with two attached hydrogens (primary N) is 1. The average Bonchev–Trinajstić information content (AvgIpc) is 2.37. The second-order valence-corrected chi connectivity index (χ2v) is 5.63. The molecule has 0 aliphatic heterocycles. The van der Waals surface area contributed by atoms with Crippen LogP contribution in [-0.4, -0.2) is 25.1 Å². The van der Waals surface area contributed by atoms with Crippen molar-refractivity contribution in [1.82, 2.24) is 5.32 Å². The molecular formula is C16H26N2O2. The minimum Gasteiger partial charge on any atom is -0.493 e. The van der Waals surface area contributed by atoms with Gasteiger partial charge in [-0.3, -0.25) is 4.79 Å². The summed E-state index contributed by atoms with van der Waals surface area (Å²) in [5, 5.41) is 2.87. The molecule has 0 heterocycles. The highest BCUT2D eigenvalue weighted by atomic mass is 16.5. The molecule has 1 amide bonds. The summed E-state index contributed by atoms with van der Waals surface area (Å²) in [6.45, 7) is 7.44. The fourth-order valence-electron chi connectivity index (χ4n) is 1.73. The van der Waals surface area contributed by atoms with Crippen molar-refractivity contribution < 1.29 is 9.53 Å². The molecule has 3 N–H and O–H groups in total. The first kappa shape index (κ1) is 16.5. The molecule has 0 aliphatic rings. The van der Waals surface area contributed by atoms with E-state index in [0.29, 0.717) is 18.9 Å². The lowest BCUT2D eigenvalue weighted by molar-refractivity contribution is -0.121. The summed E-state index contributed by atoms with van der Waals surface area (Å²) >= 11 is 0. The third kappa shape index (κ3) is 7.14. The van der Waals surface area contributed by atoms with Crippen molar-refractivity contribution in [3.63, 3.8) is 0 Å². The third-order valence-electron chi connectivity index (χ3n) is 2.75. The van der Waals surface area contributed by atoms with Crippen LogP contribution < -0.4 is 15.8 Å². The second-order valence-electron chi connectivity index (χ2n) is 5.63. The highest BCUT2D eigenvalue weighted by molar-refractivity contribution is 5.76. The lowest BCUT2D eigenvalue weighted by Crippen LogP contribution is -2.31. The monoisotopic (exact) mass is 278 g/mol. The molecule has 4 nitrogen and oxygen atoms in total. The second kappa shape index (κ2) is 8.59. The van der Waals surface area contributed by atoms with Crippen molar-refractivity contribution in [2.75, 3.05) is 13.2 Å². The lowest BCUT2D eigenvalue weighted by atomic mass is 10.1. The smallest absolute Gasteiger partial charge is 0.221 e. The predicted octanol–water partition coefficient (Wildman–Crippen LogP) is 2.12. The largest absolute Gasteiger partial charge is 0.493 e. The quantitative estimate of drug-likeness (QED) is 0.765. The van der Waals surface area contributed by atoms with Gasteiger partial charge in [0.2, 0.25) is 5.91 Å². The fraction of sp³-hybridized carbons (Fsp3) is 0.562. The first-order valence-corrected chi connectivity index (χ1v) is 7.21. The number of carbonyl (C=O) groups is 1. The molecule has 1 unspecified atom stereocenters. The zero-order valence-electron chi connectivity index (χ0n) is 12.7. The van der Waals surface area contributed by atoms with E-state index in [1.54, 1.807) is 0 Å². The minimum absolute atomic E-state index is 0.0110. The molecule has 1 aromatic carbocycles. The molecule has 0 aromatic heterocycles. The lowest BCUT2D eigenvalue weighted by Gasteiger charge is -2.10. The van der Waals surface area contributed by atoms with Gasteiger partial charge in [0.15, 0.2) is 0 Å². The van der Waals surface area contributed by atoms with Crippen molar-refractivity contribution in [3.05, 3.63) is 29.8 Å². The Kier molecular flexibility index (Phi) is 7.09. The van der Waals surface area contributed by atoms with Gasteiger partial charge in [0, 0.05) is 19.0 Å². The molecular weight excluding hydrogens is 252 g/mol. The van der Waals surface area contributed by atoms with E-state index >= 15 is 0 Å². The van der Waals surface area contributed by atoms with Crippen LogP contribution in [0.15, 0.2) is 24.3 Å². The van der Waals surface area contributed by atoms with Gasteiger partial charge < -0.3 is 15.8 Å². The number of hydrogen-bond donors (Lipinski definition) is 2. The van der Waals surface area contributed by atoms with Crippen LogP contribution in [0.3, 0.4) is 0 Å². The van der Waals surface area contributed by atoms with E-state index < -0.39 is 0 Å². The van der Waals surface area contributed by atoms with Crippen LogP contribution in [0.5, 0.6) is 5.75 Å². The van der Waals surface area contributed by atoms with Gasteiger partial charge in [-0.1, -0.05) is 26.0 Å². The van der Waals surface area contributed by atoms with Crippen molar-refractivity contribution in [2.24, 2.45) is 11.7 Å². The van der Waals surface area contributed by atoms with Crippen molar-refractivity contribution in [1.29, 1.82) is 0 Å². The first-order valence-electron chi connectivity index (χ1n) is 7.21. The highest BCUT2D eigenvalue weighted by Gasteiger charge is 2.04. The maximum atomic E-state index is 11.4. The van der Waals surface area contributed by atoms with E-state index in [2.05, 4.69) is 19.2 Å². The summed E-state index contributed by atoms with van der Waals surface area (Å²) in [4.78, 5) is 11.4. The summed E-state index contributed by atoms with van der Waals surface area (Å²) in [5.41, 5.74) is 6.75. The SMILES string of the molecule is CC(C)COc1ccc(CCNC(=O)CC(C)N)cc1. The molecule has 1 aromatic rings. The number of nitrogens with one attached hydrogen (secondary N) is 1. The molecule has 1 rings (SSSR count). The summed E-state index contributed by atoms with van der Waals surface area (Å²) in [7, 11) is 0. The van der Waals surface area contributed by atoms with Crippen LogP contribution in [0.25, 0.3) is 0 Å². The van der Waals surface area contributed by atoms with Gasteiger partial charge in [-0.2, -0.15) is 0 Å². The van der Waals surface area contributed by atoms with Crippen molar-refractivity contribution in [3.8, 4) is 5.75 Å². The topological polar surface area (TPSA) is 64.3 Å². The molecule has 0 saturated carbocycles. The molecule has 0 fully saturated rings. The van der Waals surface area contributed by atoms with Crippen molar-refractivity contribution in [2.45, 2.75) is 39.7 Å². The molecule has 0 aliphatic carbocycles. The third-order valence-corrected chi connectivity index (χ3v) is 2.75. The highest BCUT2D eigenvalue weighted by Crippen LogP contribution is 2.13. The van der Waals surface area contributed by atoms with Crippen LogP contribution in [0.4, 0.5) is 0 Å². The Balaban J connectivity index is 2.29. The number of amides is 1. The Morgan fingerprint density at radius 3 is 2.45 bits per heavy atom. The van der Waals surface area contributed by atoms with E-state index in [-0.39, 0.29) is 11.9 Å². The van der Waals surface area contributed by atoms with E-state index in [0.717, 1.165) is 18.8 Å². The zero-order chi connectivity index (χ0) is 15.0. The molecule has 0 saturated heterocycles. The number of carbonyl (C=O) groups excluding carboxylic acids is 1. The molecule has 20 heavy (non-hydrogen) atoms. The standard InChI is InChI=1S/C16H26N2O2/c1-12(2)11-20-15-6-4-14(5-7-15)8-9-18-16(19)10-13(3)17/h4-7,12-13H,8-11,17H2,1-3H3,(H,18,19). The maximum Gasteiger partial charge on any atom is 0.221 e.